The molecule has 0 fully saturated rings. The third-order valence-electron chi connectivity index (χ3n) is 2.86. The summed E-state index contributed by atoms with van der Waals surface area (Å²) in [7, 11) is 0. The molecule has 0 radical (unpaired) electrons. The summed E-state index contributed by atoms with van der Waals surface area (Å²) in [6.45, 7) is 2.06. The maximum atomic E-state index is 11.3. The molecular formula is C14H16N2O2S. The van der Waals surface area contributed by atoms with E-state index in [0.29, 0.717) is 6.42 Å². The second kappa shape index (κ2) is 6.52. The lowest BCUT2D eigenvalue weighted by Crippen LogP contribution is -2.16. The molecule has 0 amide bonds. The molecule has 1 heterocycles. The first-order chi connectivity index (χ1) is 9.22. The van der Waals surface area contributed by atoms with Gasteiger partial charge >= 0.3 is 5.97 Å². The second-order valence-corrected chi connectivity index (χ2v) is 5.47. The smallest absolute Gasteiger partial charge is 0.317 e. The number of thioether (sulfide) groups is 1. The number of hydrogen-bond acceptors (Lipinski definition) is 4. The molecule has 5 heteroatoms. The first-order valence-electron chi connectivity index (χ1n) is 6.31. The van der Waals surface area contributed by atoms with Crippen molar-refractivity contribution in [2.45, 2.75) is 36.5 Å². The Labute approximate surface area is 116 Å². The van der Waals surface area contributed by atoms with Crippen molar-refractivity contribution in [3.8, 4) is 0 Å². The molecule has 2 rings (SSSR count). The third kappa shape index (κ3) is 3.44. The van der Waals surface area contributed by atoms with Gasteiger partial charge in [0.15, 0.2) is 0 Å². The van der Waals surface area contributed by atoms with Crippen molar-refractivity contribution < 1.29 is 9.90 Å². The monoisotopic (exact) mass is 276 g/mol. The highest BCUT2D eigenvalue weighted by atomic mass is 32.2. The topological polar surface area (TPSA) is 63.1 Å². The van der Waals surface area contributed by atoms with Crippen molar-refractivity contribution in [1.82, 2.24) is 9.97 Å². The molecule has 1 atom stereocenters. The van der Waals surface area contributed by atoms with E-state index in [1.54, 1.807) is 0 Å². The molecule has 0 aliphatic carbocycles. The highest BCUT2D eigenvalue weighted by Gasteiger charge is 2.20. The molecule has 100 valence electrons. The van der Waals surface area contributed by atoms with Gasteiger partial charge in [0.2, 0.25) is 0 Å². The summed E-state index contributed by atoms with van der Waals surface area (Å²) in [4.78, 5) is 19.7. The number of carboxylic acid groups (broad SMARTS) is 1. The van der Waals surface area contributed by atoms with Gasteiger partial charge in [-0.15, -0.1) is 0 Å². The van der Waals surface area contributed by atoms with E-state index < -0.39 is 11.2 Å². The van der Waals surface area contributed by atoms with Crippen LogP contribution < -0.4 is 0 Å². The molecule has 1 N–H and O–H groups in total. The predicted octanol–water partition coefficient (Wildman–Crippen LogP) is 3.37. The zero-order valence-corrected chi connectivity index (χ0v) is 11.6. The zero-order valence-electron chi connectivity index (χ0n) is 10.7. The number of hydrogen-bond donors (Lipinski definition) is 1. The number of unbranched alkanes of at least 4 members (excludes halogenated alkanes) is 1. The van der Waals surface area contributed by atoms with E-state index in [2.05, 4.69) is 16.9 Å². The number of benzene rings is 1. The number of para-hydroxylation sites is 1. The Morgan fingerprint density at radius 2 is 2.16 bits per heavy atom. The molecule has 0 aliphatic heterocycles. The maximum absolute atomic E-state index is 11.3. The third-order valence-corrected chi connectivity index (χ3v) is 4.13. The van der Waals surface area contributed by atoms with Crippen LogP contribution in [0.3, 0.4) is 0 Å². The number of carboxylic acids is 1. The largest absolute Gasteiger partial charge is 0.480 e. The highest BCUT2D eigenvalue weighted by Crippen LogP contribution is 2.30. The molecule has 1 aromatic heterocycles. The van der Waals surface area contributed by atoms with Crippen LogP contribution in [0.5, 0.6) is 0 Å². The van der Waals surface area contributed by atoms with Crippen molar-refractivity contribution in [3.63, 3.8) is 0 Å². The van der Waals surface area contributed by atoms with Crippen LogP contribution in [0.1, 0.15) is 26.2 Å². The van der Waals surface area contributed by atoms with Gasteiger partial charge in [-0.25, -0.2) is 9.97 Å². The average molecular weight is 276 g/mol. The van der Waals surface area contributed by atoms with Gasteiger partial charge in [-0.05, 0) is 12.5 Å². The van der Waals surface area contributed by atoms with Gasteiger partial charge in [0, 0.05) is 5.39 Å². The van der Waals surface area contributed by atoms with Crippen molar-refractivity contribution in [2.75, 3.05) is 0 Å². The summed E-state index contributed by atoms with van der Waals surface area (Å²) in [5, 5.41) is 10.5. The summed E-state index contributed by atoms with van der Waals surface area (Å²) in [5.41, 5.74) is 0.847. The summed E-state index contributed by atoms with van der Waals surface area (Å²) < 4.78 is 0. The van der Waals surface area contributed by atoms with Crippen molar-refractivity contribution in [2.24, 2.45) is 0 Å². The van der Waals surface area contributed by atoms with Gasteiger partial charge in [-0.1, -0.05) is 49.7 Å². The molecule has 19 heavy (non-hydrogen) atoms. The number of carbonyl (C=O) groups is 1. The number of aliphatic carboxylic acids is 1. The fourth-order valence-electron chi connectivity index (χ4n) is 1.83. The SMILES string of the molecule is CCCCC(Sc1ncnc2ccccc12)C(=O)O. The first-order valence-corrected chi connectivity index (χ1v) is 7.19. The molecule has 4 nitrogen and oxygen atoms in total. The second-order valence-electron chi connectivity index (χ2n) is 4.28. The van der Waals surface area contributed by atoms with Crippen LogP contribution in [-0.4, -0.2) is 26.3 Å². The quantitative estimate of drug-likeness (QED) is 0.647. The van der Waals surface area contributed by atoms with E-state index in [9.17, 15) is 9.90 Å². The number of nitrogens with zero attached hydrogens (tertiary/aromatic N) is 2. The molecule has 1 aromatic carbocycles. The zero-order chi connectivity index (χ0) is 13.7. The van der Waals surface area contributed by atoms with Gasteiger partial charge in [-0.2, -0.15) is 0 Å². The Morgan fingerprint density at radius 3 is 2.89 bits per heavy atom. The van der Waals surface area contributed by atoms with Crippen molar-refractivity contribution in [1.29, 1.82) is 0 Å². The lowest BCUT2D eigenvalue weighted by atomic mass is 10.2. The molecule has 0 aliphatic rings. The van der Waals surface area contributed by atoms with E-state index in [0.717, 1.165) is 28.8 Å². The van der Waals surface area contributed by atoms with Crippen LogP contribution in [0, 0.1) is 0 Å². The summed E-state index contributed by atoms with van der Waals surface area (Å²) in [5.74, 6) is -0.777. The Balaban J connectivity index is 2.26. The van der Waals surface area contributed by atoms with E-state index in [-0.39, 0.29) is 0 Å². The summed E-state index contributed by atoms with van der Waals surface area (Å²) in [6, 6.07) is 7.66. The minimum absolute atomic E-state index is 0.446. The van der Waals surface area contributed by atoms with Crippen LogP contribution in [-0.2, 0) is 4.79 Å². The van der Waals surface area contributed by atoms with Gasteiger partial charge in [0.25, 0.3) is 0 Å². The average Bonchev–Trinajstić information content (AvgIpc) is 2.43. The van der Waals surface area contributed by atoms with Gasteiger partial charge in [0.1, 0.15) is 16.6 Å². The highest BCUT2D eigenvalue weighted by molar-refractivity contribution is 8.00. The number of rotatable bonds is 6. The fourth-order valence-corrected chi connectivity index (χ4v) is 2.89. The van der Waals surface area contributed by atoms with E-state index in [1.807, 2.05) is 24.3 Å². The number of fused-ring (bicyclic) bond motifs is 1. The van der Waals surface area contributed by atoms with Gasteiger partial charge in [0.05, 0.1) is 5.52 Å². The van der Waals surface area contributed by atoms with E-state index >= 15 is 0 Å². The van der Waals surface area contributed by atoms with Crippen LogP contribution in [0.25, 0.3) is 10.9 Å². The molecule has 0 saturated carbocycles. The van der Waals surface area contributed by atoms with Crippen LogP contribution >= 0.6 is 11.8 Å². The molecule has 0 saturated heterocycles. The Hall–Kier alpha value is -1.62. The van der Waals surface area contributed by atoms with E-state index in [4.69, 9.17) is 0 Å². The van der Waals surface area contributed by atoms with E-state index in [1.165, 1.54) is 18.1 Å². The van der Waals surface area contributed by atoms with Crippen LogP contribution in [0.15, 0.2) is 35.6 Å². The maximum Gasteiger partial charge on any atom is 0.317 e. The standard InChI is InChI=1S/C14H16N2O2S/c1-2-3-8-12(14(17)18)19-13-10-6-4-5-7-11(10)15-9-16-13/h4-7,9,12H,2-3,8H2,1H3,(H,17,18). The molecule has 1 unspecified atom stereocenters. The minimum atomic E-state index is -0.777. The Kier molecular flexibility index (Phi) is 4.74. The lowest BCUT2D eigenvalue weighted by Gasteiger charge is -2.11. The Bertz CT molecular complexity index is 569. The molecule has 0 spiro atoms. The normalized spacial score (nSPS) is 12.5. The summed E-state index contributed by atoms with van der Waals surface area (Å²) >= 11 is 1.32. The summed E-state index contributed by atoms with van der Waals surface area (Å²) in [6.07, 6.45) is 4.06. The van der Waals surface area contributed by atoms with Crippen molar-refractivity contribution in [3.05, 3.63) is 30.6 Å². The van der Waals surface area contributed by atoms with Crippen molar-refractivity contribution >= 4 is 28.6 Å². The van der Waals surface area contributed by atoms with Crippen LogP contribution in [0.4, 0.5) is 0 Å². The van der Waals surface area contributed by atoms with Crippen LogP contribution in [0.2, 0.25) is 0 Å². The Morgan fingerprint density at radius 1 is 1.37 bits per heavy atom. The number of aromatic nitrogens is 2. The predicted molar refractivity (Wildman–Crippen MR) is 76.3 cm³/mol. The minimum Gasteiger partial charge on any atom is -0.480 e. The lowest BCUT2D eigenvalue weighted by molar-refractivity contribution is -0.136. The molecule has 2 aromatic rings. The first kappa shape index (κ1) is 13.8. The molecule has 0 bridgehead atoms. The molecular weight excluding hydrogens is 260 g/mol. The van der Waals surface area contributed by atoms with Gasteiger partial charge < -0.3 is 5.11 Å². The van der Waals surface area contributed by atoms with Gasteiger partial charge in [-0.3, -0.25) is 4.79 Å². The fraction of sp³-hybridized carbons (Fsp3) is 0.357.